The summed E-state index contributed by atoms with van der Waals surface area (Å²) in [5.41, 5.74) is 0.653. The monoisotopic (exact) mass is 291 g/mol. The third kappa shape index (κ3) is 3.00. The van der Waals surface area contributed by atoms with Gasteiger partial charge >= 0.3 is 0 Å². The molecule has 0 aliphatic heterocycles. The summed E-state index contributed by atoms with van der Waals surface area (Å²) >= 11 is 11.6. The second kappa shape index (κ2) is 4.59. The number of carbonyl (C=O) groups excluding carboxylic acids is 1. The second-order valence-corrected chi connectivity index (χ2v) is 6.91. The zero-order valence-corrected chi connectivity index (χ0v) is 11.4. The van der Waals surface area contributed by atoms with Crippen LogP contribution < -0.4 is 5.32 Å². The normalized spacial score (nSPS) is 22.9. The molecule has 1 aromatic carbocycles. The fourth-order valence-electron chi connectivity index (χ4n) is 1.46. The molecule has 1 amide bonds. The van der Waals surface area contributed by atoms with Crippen molar-refractivity contribution in [3.8, 4) is 0 Å². The minimum Gasteiger partial charge on any atom is -0.326 e. The van der Waals surface area contributed by atoms with Crippen LogP contribution in [0.15, 0.2) is 29.2 Å². The second-order valence-electron chi connectivity index (χ2n) is 3.99. The lowest BCUT2D eigenvalue weighted by atomic mass is 10.3. The number of halogens is 2. The molecule has 1 aliphatic rings. The van der Waals surface area contributed by atoms with Gasteiger partial charge in [0.15, 0.2) is 0 Å². The number of alkyl halides is 2. The van der Waals surface area contributed by atoms with Gasteiger partial charge in [-0.25, -0.2) is 0 Å². The van der Waals surface area contributed by atoms with E-state index in [0.717, 1.165) is 4.90 Å². The van der Waals surface area contributed by atoms with Crippen molar-refractivity contribution in [2.24, 2.45) is 5.92 Å². The van der Waals surface area contributed by atoms with Crippen LogP contribution in [0.1, 0.15) is 6.42 Å². The Hall–Kier alpha value is -0.580. The average molecular weight is 292 g/mol. The highest BCUT2D eigenvalue weighted by Crippen LogP contribution is 2.53. The Labute approximate surface area is 112 Å². The molecular formula is C11H11Cl2NO2S. The summed E-state index contributed by atoms with van der Waals surface area (Å²) in [6, 6.07) is 6.85. The van der Waals surface area contributed by atoms with Gasteiger partial charge in [0.05, 0.1) is 5.92 Å². The van der Waals surface area contributed by atoms with Gasteiger partial charge in [-0.3, -0.25) is 9.00 Å². The van der Waals surface area contributed by atoms with Gasteiger partial charge in [-0.1, -0.05) is 0 Å². The SMILES string of the molecule is CS(=O)c1ccc(NC(=O)C2CC2(Cl)Cl)cc1. The summed E-state index contributed by atoms with van der Waals surface area (Å²) < 4.78 is 10.3. The number of carbonyl (C=O) groups is 1. The van der Waals surface area contributed by atoms with Crippen molar-refractivity contribution >= 4 is 45.6 Å². The van der Waals surface area contributed by atoms with Crippen molar-refractivity contribution in [1.29, 1.82) is 0 Å². The maximum Gasteiger partial charge on any atom is 0.230 e. The van der Waals surface area contributed by atoms with Crippen molar-refractivity contribution in [3.05, 3.63) is 24.3 Å². The fraction of sp³-hybridized carbons (Fsp3) is 0.364. The van der Waals surface area contributed by atoms with E-state index in [4.69, 9.17) is 23.2 Å². The lowest BCUT2D eigenvalue weighted by Crippen LogP contribution is -2.16. The molecule has 1 N–H and O–H groups in total. The molecule has 92 valence electrons. The van der Waals surface area contributed by atoms with E-state index in [9.17, 15) is 9.00 Å². The van der Waals surface area contributed by atoms with Gasteiger partial charge in [0.25, 0.3) is 0 Å². The van der Waals surface area contributed by atoms with E-state index in [1.807, 2.05) is 0 Å². The van der Waals surface area contributed by atoms with Crippen molar-refractivity contribution < 1.29 is 9.00 Å². The highest BCUT2D eigenvalue weighted by Gasteiger charge is 2.56. The zero-order valence-electron chi connectivity index (χ0n) is 9.07. The molecule has 0 saturated heterocycles. The molecule has 1 fully saturated rings. The predicted molar refractivity (Wildman–Crippen MR) is 69.9 cm³/mol. The molecule has 0 radical (unpaired) electrons. The van der Waals surface area contributed by atoms with E-state index >= 15 is 0 Å². The van der Waals surface area contributed by atoms with E-state index in [1.165, 1.54) is 0 Å². The van der Waals surface area contributed by atoms with Crippen LogP contribution in [-0.2, 0) is 15.6 Å². The maximum atomic E-state index is 11.7. The molecule has 2 rings (SSSR count). The van der Waals surface area contributed by atoms with Crippen LogP contribution >= 0.6 is 23.2 Å². The average Bonchev–Trinajstić information content (AvgIpc) is 2.89. The molecule has 0 spiro atoms. The number of hydrogen-bond acceptors (Lipinski definition) is 2. The van der Waals surface area contributed by atoms with Crippen molar-refractivity contribution in [1.82, 2.24) is 0 Å². The van der Waals surface area contributed by atoms with E-state index in [0.29, 0.717) is 12.1 Å². The van der Waals surface area contributed by atoms with Crippen LogP contribution in [0.25, 0.3) is 0 Å². The van der Waals surface area contributed by atoms with Crippen LogP contribution in [0, 0.1) is 5.92 Å². The topological polar surface area (TPSA) is 46.2 Å². The van der Waals surface area contributed by atoms with Crippen molar-refractivity contribution in [3.63, 3.8) is 0 Å². The number of anilines is 1. The Morgan fingerprint density at radius 1 is 1.41 bits per heavy atom. The number of rotatable bonds is 3. The highest BCUT2D eigenvalue weighted by molar-refractivity contribution is 7.84. The molecule has 6 heteroatoms. The number of amides is 1. The zero-order chi connectivity index (χ0) is 12.6. The molecule has 0 aromatic heterocycles. The lowest BCUT2D eigenvalue weighted by Gasteiger charge is -2.05. The molecule has 0 heterocycles. The Morgan fingerprint density at radius 3 is 2.35 bits per heavy atom. The lowest BCUT2D eigenvalue weighted by molar-refractivity contribution is -0.117. The summed E-state index contributed by atoms with van der Waals surface area (Å²) in [6.07, 6.45) is 2.09. The third-order valence-corrected chi connectivity index (χ3v) is 4.37. The van der Waals surface area contributed by atoms with Crippen LogP contribution in [0.2, 0.25) is 0 Å². The number of nitrogens with one attached hydrogen (secondary N) is 1. The first-order chi connectivity index (χ1) is 7.90. The third-order valence-electron chi connectivity index (χ3n) is 2.60. The fourth-order valence-corrected chi connectivity index (χ4v) is 2.48. The van der Waals surface area contributed by atoms with Crippen LogP contribution in [0.4, 0.5) is 5.69 Å². The van der Waals surface area contributed by atoms with Crippen LogP contribution in [0.5, 0.6) is 0 Å². The molecule has 2 atom stereocenters. The summed E-state index contributed by atoms with van der Waals surface area (Å²) in [4.78, 5) is 12.4. The van der Waals surface area contributed by atoms with Gasteiger partial charge in [-0.15, -0.1) is 23.2 Å². The molecule has 2 unspecified atom stereocenters. The summed E-state index contributed by atoms with van der Waals surface area (Å²) in [5.74, 6) is -0.522. The molecule has 1 aromatic rings. The van der Waals surface area contributed by atoms with Crippen LogP contribution in [-0.4, -0.2) is 20.7 Å². The van der Waals surface area contributed by atoms with E-state index in [2.05, 4.69) is 5.32 Å². The van der Waals surface area contributed by atoms with E-state index in [1.54, 1.807) is 30.5 Å². The first kappa shape index (κ1) is 12.9. The molecule has 1 saturated carbocycles. The van der Waals surface area contributed by atoms with Gasteiger partial charge in [0.2, 0.25) is 5.91 Å². The van der Waals surface area contributed by atoms with Gasteiger partial charge in [0.1, 0.15) is 4.33 Å². The standard InChI is InChI=1S/C11H11Cl2NO2S/c1-17(16)8-4-2-7(3-5-8)14-10(15)9-6-11(9,12)13/h2-5,9H,6H2,1H3,(H,14,15). The largest absolute Gasteiger partial charge is 0.326 e. The van der Waals surface area contributed by atoms with E-state index < -0.39 is 15.1 Å². The first-order valence-electron chi connectivity index (χ1n) is 5.02. The Balaban J connectivity index is 2.00. The highest BCUT2D eigenvalue weighted by atomic mass is 35.5. The minimum absolute atomic E-state index is 0.180. The number of benzene rings is 1. The molecule has 0 bridgehead atoms. The van der Waals surface area contributed by atoms with Crippen molar-refractivity contribution in [2.45, 2.75) is 15.6 Å². The minimum atomic E-state index is -1.01. The van der Waals surface area contributed by atoms with Gasteiger partial charge in [0, 0.05) is 27.6 Å². The molecule has 1 aliphatic carbocycles. The molecule has 3 nitrogen and oxygen atoms in total. The van der Waals surface area contributed by atoms with Gasteiger partial charge in [-0.2, -0.15) is 0 Å². The summed E-state index contributed by atoms with van der Waals surface area (Å²) in [7, 11) is -1.01. The Kier molecular flexibility index (Phi) is 3.48. The van der Waals surface area contributed by atoms with Crippen molar-refractivity contribution in [2.75, 3.05) is 11.6 Å². The quantitative estimate of drug-likeness (QED) is 0.870. The number of hydrogen-bond donors (Lipinski definition) is 1. The van der Waals surface area contributed by atoms with E-state index in [-0.39, 0.29) is 11.8 Å². The maximum absolute atomic E-state index is 11.7. The smallest absolute Gasteiger partial charge is 0.230 e. The molecule has 17 heavy (non-hydrogen) atoms. The van der Waals surface area contributed by atoms with Gasteiger partial charge < -0.3 is 5.32 Å². The predicted octanol–water partition coefficient (Wildman–Crippen LogP) is 2.56. The van der Waals surface area contributed by atoms with Crippen LogP contribution in [0.3, 0.4) is 0 Å². The first-order valence-corrected chi connectivity index (χ1v) is 7.34. The summed E-state index contributed by atoms with van der Waals surface area (Å²) in [6.45, 7) is 0. The Morgan fingerprint density at radius 2 is 1.94 bits per heavy atom. The molecular weight excluding hydrogens is 281 g/mol. The summed E-state index contributed by atoms with van der Waals surface area (Å²) in [5, 5.41) is 2.72. The van der Waals surface area contributed by atoms with Gasteiger partial charge in [-0.05, 0) is 30.7 Å². The Bertz CT molecular complexity index is 473.